The van der Waals surface area contributed by atoms with Crippen LogP contribution < -0.4 is 11.1 Å². The van der Waals surface area contributed by atoms with Crippen LogP contribution in [-0.4, -0.2) is 65.6 Å². The lowest BCUT2D eigenvalue weighted by Crippen LogP contribution is -2.45. The third kappa shape index (κ3) is 6.23. The Bertz CT molecular complexity index is 283. The minimum Gasteiger partial charge on any atom is -0.481 e. The molecule has 1 rings (SSSR count). The second kappa shape index (κ2) is 8.34. The van der Waals surface area contributed by atoms with E-state index in [1.165, 1.54) is 0 Å². The van der Waals surface area contributed by atoms with Gasteiger partial charge in [0.2, 0.25) is 5.91 Å². The van der Waals surface area contributed by atoms with Gasteiger partial charge in [-0.25, -0.2) is 0 Å². The average molecular weight is 275 g/mol. The lowest BCUT2D eigenvalue weighted by atomic mass is 10.1. The molecule has 1 amide bonds. The summed E-state index contributed by atoms with van der Waals surface area (Å²) in [6, 6.07) is -0.724. The lowest BCUT2D eigenvalue weighted by molar-refractivity contribution is -0.137. The minimum absolute atomic E-state index is 0.0715. The summed E-state index contributed by atoms with van der Waals surface area (Å²) in [5, 5.41) is 11.2. The predicted octanol–water partition coefficient (Wildman–Crippen LogP) is -0.656. The number of nitrogens with one attached hydrogen (secondary N) is 1. The van der Waals surface area contributed by atoms with Gasteiger partial charge in [0.15, 0.2) is 0 Å². The van der Waals surface area contributed by atoms with Crippen molar-refractivity contribution in [3.05, 3.63) is 0 Å². The van der Waals surface area contributed by atoms with E-state index in [0.29, 0.717) is 6.54 Å². The van der Waals surface area contributed by atoms with Gasteiger partial charge in [-0.3, -0.25) is 14.5 Å². The van der Waals surface area contributed by atoms with Crippen molar-refractivity contribution in [3.63, 3.8) is 0 Å². The van der Waals surface area contributed by atoms with Crippen LogP contribution in [0.3, 0.4) is 0 Å². The van der Waals surface area contributed by atoms with Crippen LogP contribution in [0.1, 0.15) is 12.8 Å². The zero-order chi connectivity index (χ0) is 13.4. The number of amides is 1. The SMILES string of the molecule is NC(CCC(=O)O)C(=O)NCCN1CCSCC1. The highest BCUT2D eigenvalue weighted by molar-refractivity contribution is 7.99. The molecule has 0 aromatic heterocycles. The minimum atomic E-state index is -0.927. The summed E-state index contributed by atoms with van der Waals surface area (Å²) in [6.07, 6.45) is 0.111. The van der Waals surface area contributed by atoms with Crippen molar-refractivity contribution in [1.82, 2.24) is 10.2 Å². The second-order valence-electron chi connectivity index (χ2n) is 4.28. The molecule has 0 spiro atoms. The maximum atomic E-state index is 11.5. The van der Waals surface area contributed by atoms with Gasteiger partial charge < -0.3 is 16.2 Å². The van der Waals surface area contributed by atoms with Crippen LogP contribution in [0.5, 0.6) is 0 Å². The Balaban J connectivity index is 2.09. The van der Waals surface area contributed by atoms with Crippen LogP contribution in [0.2, 0.25) is 0 Å². The molecule has 0 bridgehead atoms. The highest BCUT2D eigenvalue weighted by Crippen LogP contribution is 2.07. The van der Waals surface area contributed by atoms with E-state index < -0.39 is 12.0 Å². The average Bonchev–Trinajstić information content (AvgIpc) is 2.37. The van der Waals surface area contributed by atoms with Crippen LogP contribution in [0, 0.1) is 0 Å². The molecule has 4 N–H and O–H groups in total. The number of carbonyl (C=O) groups excluding carboxylic acids is 1. The number of rotatable bonds is 7. The van der Waals surface area contributed by atoms with Gasteiger partial charge in [0.25, 0.3) is 0 Å². The predicted molar refractivity (Wildman–Crippen MR) is 71.6 cm³/mol. The van der Waals surface area contributed by atoms with Crippen LogP contribution >= 0.6 is 11.8 Å². The number of carboxylic acids is 1. The topological polar surface area (TPSA) is 95.7 Å². The number of carboxylic acid groups (broad SMARTS) is 1. The van der Waals surface area contributed by atoms with E-state index in [1.54, 1.807) is 0 Å². The maximum absolute atomic E-state index is 11.5. The Labute approximate surface area is 111 Å². The van der Waals surface area contributed by atoms with Crippen LogP contribution in [0.4, 0.5) is 0 Å². The molecule has 104 valence electrons. The van der Waals surface area contributed by atoms with Gasteiger partial charge in [-0.15, -0.1) is 0 Å². The van der Waals surface area contributed by atoms with Gasteiger partial charge in [-0.05, 0) is 6.42 Å². The van der Waals surface area contributed by atoms with Crippen molar-refractivity contribution < 1.29 is 14.7 Å². The first kappa shape index (κ1) is 15.3. The molecular formula is C11H21N3O3S. The smallest absolute Gasteiger partial charge is 0.303 e. The molecule has 1 aliphatic heterocycles. The van der Waals surface area contributed by atoms with Crippen LogP contribution in [-0.2, 0) is 9.59 Å². The first-order chi connectivity index (χ1) is 8.59. The summed E-state index contributed by atoms with van der Waals surface area (Å²) in [4.78, 5) is 24.2. The van der Waals surface area contributed by atoms with Crippen molar-refractivity contribution in [2.24, 2.45) is 5.73 Å². The second-order valence-corrected chi connectivity index (χ2v) is 5.51. The molecule has 0 aliphatic carbocycles. The fourth-order valence-electron chi connectivity index (χ4n) is 1.70. The molecular weight excluding hydrogens is 254 g/mol. The Hall–Kier alpha value is -0.790. The molecule has 0 radical (unpaired) electrons. The monoisotopic (exact) mass is 275 g/mol. The summed E-state index contributed by atoms with van der Waals surface area (Å²) in [5.74, 6) is 1.10. The van der Waals surface area contributed by atoms with Crippen LogP contribution in [0.15, 0.2) is 0 Å². The molecule has 18 heavy (non-hydrogen) atoms. The molecule has 1 atom stereocenters. The van der Waals surface area contributed by atoms with E-state index in [0.717, 1.165) is 31.1 Å². The molecule has 0 aromatic carbocycles. The van der Waals surface area contributed by atoms with Gasteiger partial charge in [-0.1, -0.05) is 0 Å². The Morgan fingerprint density at radius 1 is 1.39 bits per heavy atom. The van der Waals surface area contributed by atoms with Gasteiger partial charge in [0.05, 0.1) is 6.04 Å². The summed E-state index contributed by atoms with van der Waals surface area (Å²) >= 11 is 1.95. The third-order valence-electron chi connectivity index (χ3n) is 2.84. The van der Waals surface area contributed by atoms with E-state index in [-0.39, 0.29) is 18.7 Å². The lowest BCUT2D eigenvalue weighted by Gasteiger charge is -2.26. The summed E-state index contributed by atoms with van der Waals surface area (Å²) in [6.45, 7) is 3.53. The van der Waals surface area contributed by atoms with Crippen molar-refractivity contribution >= 4 is 23.6 Å². The van der Waals surface area contributed by atoms with E-state index in [4.69, 9.17) is 10.8 Å². The molecule has 7 heteroatoms. The Morgan fingerprint density at radius 2 is 2.06 bits per heavy atom. The summed E-state index contributed by atoms with van der Waals surface area (Å²) in [7, 11) is 0. The highest BCUT2D eigenvalue weighted by atomic mass is 32.2. The number of thioether (sulfide) groups is 1. The first-order valence-electron chi connectivity index (χ1n) is 6.15. The fourth-order valence-corrected chi connectivity index (χ4v) is 2.68. The van der Waals surface area contributed by atoms with Crippen molar-refractivity contribution in [3.8, 4) is 0 Å². The first-order valence-corrected chi connectivity index (χ1v) is 7.30. The molecule has 0 saturated carbocycles. The molecule has 1 fully saturated rings. The molecule has 0 aromatic rings. The number of aliphatic carboxylic acids is 1. The van der Waals surface area contributed by atoms with Gasteiger partial charge >= 0.3 is 5.97 Å². The fraction of sp³-hybridized carbons (Fsp3) is 0.818. The Kier molecular flexibility index (Phi) is 7.07. The molecule has 1 unspecified atom stereocenters. The molecule has 1 heterocycles. The van der Waals surface area contributed by atoms with Crippen molar-refractivity contribution in [2.75, 3.05) is 37.7 Å². The van der Waals surface area contributed by atoms with Gasteiger partial charge in [-0.2, -0.15) is 11.8 Å². The number of nitrogens with two attached hydrogens (primary N) is 1. The normalized spacial score (nSPS) is 18.3. The summed E-state index contributed by atoms with van der Waals surface area (Å²) in [5.41, 5.74) is 5.59. The molecule has 6 nitrogen and oxygen atoms in total. The quantitative estimate of drug-likeness (QED) is 0.571. The number of hydrogen-bond acceptors (Lipinski definition) is 5. The third-order valence-corrected chi connectivity index (χ3v) is 3.78. The molecule has 1 saturated heterocycles. The zero-order valence-corrected chi connectivity index (χ0v) is 11.2. The van der Waals surface area contributed by atoms with E-state index in [1.807, 2.05) is 11.8 Å². The molecule has 1 aliphatic rings. The zero-order valence-electron chi connectivity index (χ0n) is 10.4. The van der Waals surface area contributed by atoms with E-state index >= 15 is 0 Å². The summed E-state index contributed by atoms with van der Waals surface area (Å²) < 4.78 is 0. The van der Waals surface area contributed by atoms with E-state index in [2.05, 4.69) is 10.2 Å². The number of nitrogens with zero attached hydrogens (tertiary/aromatic N) is 1. The maximum Gasteiger partial charge on any atom is 0.303 e. The van der Waals surface area contributed by atoms with Gasteiger partial charge in [0.1, 0.15) is 0 Å². The standard InChI is InChI=1S/C11H21N3O3S/c12-9(1-2-10(15)16)11(17)13-3-4-14-5-7-18-8-6-14/h9H,1-8,12H2,(H,13,17)(H,15,16). The number of carbonyl (C=O) groups is 2. The highest BCUT2D eigenvalue weighted by Gasteiger charge is 2.15. The van der Waals surface area contributed by atoms with Crippen LogP contribution in [0.25, 0.3) is 0 Å². The van der Waals surface area contributed by atoms with Crippen molar-refractivity contribution in [1.29, 1.82) is 0 Å². The van der Waals surface area contributed by atoms with Gasteiger partial charge in [0, 0.05) is 44.1 Å². The Morgan fingerprint density at radius 3 is 2.67 bits per heavy atom. The van der Waals surface area contributed by atoms with Crippen molar-refractivity contribution in [2.45, 2.75) is 18.9 Å². The van der Waals surface area contributed by atoms with E-state index in [9.17, 15) is 9.59 Å². The largest absolute Gasteiger partial charge is 0.481 e. The number of hydrogen-bond donors (Lipinski definition) is 3.